The van der Waals surface area contributed by atoms with Crippen LogP contribution in [-0.4, -0.2) is 27.8 Å². The summed E-state index contributed by atoms with van der Waals surface area (Å²) in [6.07, 6.45) is 5.36. The lowest BCUT2D eigenvalue weighted by atomic mass is 9.87. The number of thiazole rings is 1. The van der Waals surface area contributed by atoms with Gasteiger partial charge in [-0.3, -0.25) is 4.90 Å². The van der Waals surface area contributed by atoms with Gasteiger partial charge in [-0.15, -0.1) is 11.3 Å². The molecule has 0 unspecified atom stereocenters. The molecule has 138 valence electrons. The number of benzene rings is 1. The van der Waals surface area contributed by atoms with E-state index >= 15 is 0 Å². The lowest BCUT2D eigenvalue weighted by Crippen LogP contribution is -2.58. The summed E-state index contributed by atoms with van der Waals surface area (Å²) in [7, 11) is 0. The van der Waals surface area contributed by atoms with Gasteiger partial charge in [0, 0.05) is 10.9 Å². The number of nitrogens with zero attached hydrogens (tertiary/aromatic N) is 4. The van der Waals surface area contributed by atoms with Crippen molar-refractivity contribution >= 4 is 50.9 Å². The van der Waals surface area contributed by atoms with Gasteiger partial charge in [0.1, 0.15) is 5.66 Å². The molecule has 0 bridgehead atoms. The molecule has 1 aliphatic heterocycles. The second-order valence-corrected chi connectivity index (χ2v) is 9.97. The minimum atomic E-state index is -0.401. The normalized spacial score (nSPS) is 19.9. The Morgan fingerprint density at radius 3 is 2.69 bits per heavy atom. The average molecular weight is 389 g/mol. The van der Waals surface area contributed by atoms with Crippen molar-refractivity contribution in [2.45, 2.75) is 61.2 Å². The molecule has 1 spiro atoms. The molecule has 2 heterocycles. The molecule has 26 heavy (non-hydrogen) atoms. The number of rotatable bonds is 3. The maximum absolute atomic E-state index is 6.32. The van der Waals surface area contributed by atoms with E-state index in [4.69, 9.17) is 21.4 Å². The summed E-state index contributed by atoms with van der Waals surface area (Å²) in [6, 6.07) is 6.30. The van der Waals surface area contributed by atoms with Crippen LogP contribution in [0, 0.1) is 0 Å². The molecular weight excluding hydrogens is 364 g/mol. The Hall–Kier alpha value is -1.80. The van der Waals surface area contributed by atoms with Crippen LogP contribution in [0.3, 0.4) is 0 Å². The second kappa shape index (κ2) is 6.74. The van der Waals surface area contributed by atoms with Crippen LogP contribution in [0.2, 0.25) is 0 Å². The lowest BCUT2D eigenvalue weighted by Gasteiger charge is -2.45. The van der Waals surface area contributed by atoms with Gasteiger partial charge in [-0.2, -0.15) is 4.99 Å². The van der Waals surface area contributed by atoms with Gasteiger partial charge in [-0.05, 0) is 43.9 Å². The molecule has 1 aliphatic carbocycles. The Labute approximate surface area is 161 Å². The van der Waals surface area contributed by atoms with E-state index in [0.29, 0.717) is 11.2 Å². The molecule has 4 N–H and O–H groups in total. The molecule has 1 saturated carbocycles. The molecule has 6 nitrogen and oxygen atoms in total. The zero-order chi connectivity index (χ0) is 18.3. The predicted octanol–water partition coefficient (Wildman–Crippen LogP) is 3.91. The Bertz CT molecular complexity index is 879. The number of anilines is 1. The van der Waals surface area contributed by atoms with Crippen molar-refractivity contribution in [3.63, 3.8) is 0 Å². The quantitative estimate of drug-likeness (QED) is 0.778. The highest BCUT2D eigenvalue weighted by molar-refractivity contribution is 8.01. The first-order chi connectivity index (χ1) is 12.5. The molecule has 4 rings (SSSR count). The van der Waals surface area contributed by atoms with Crippen LogP contribution in [0.25, 0.3) is 10.2 Å². The van der Waals surface area contributed by atoms with Crippen molar-refractivity contribution in [1.82, 2.24) is 4.98 Å². The van der Waals surface area contributed by atoms with Crippen molar-refractivity contribution in [2.24, 2.45) is 21.5 Å². The zero-order valence-corrected chi connectivity index (χ0v) is 16.7. The Morgan fingerprint density at radius 2 is 1.96 bits per heavy atom. The van der Waals surface area contributed by atoms with Gasteiger partial charge >= 0.3 is 0 Å². The first-order valence-electron chi connectivity index (χ1n) is 9.04. The first kappa shape index (κ1) is 17.6. The Kier molecular flexibility index (Phi) is 4.56. The molecule has 2 aliphatic rings. The van der Waals surface area contributed by atoms with Crippen LogP contribution in [0.15, 0.2) is 32.5 Å². The predicted molar refractivity (Wildman–Crippen MR) is 112 cm³/mol. The summed E-state index contributed by atoms with van der Waals surface area (Å²) in [6.45, 7) is 4.37. The van der Waals surface area contributed by atoms with Crippen LogP contribution >= 0.6 is 23.1 Å². The van der Waals surface area contributed by atoms with Crippen LogP contribution in [0.5, 0.6) is 0 Å². The molecule has 1 aromatic heterocycles. The molecule has 0 radical (unpaired) electrons. The number of guanidine groups is 2. The minimum Gasteiger partial charge on any atom is -0.369 e. The highest BCUT2D eigenvalue weighted by Gasteiger charge is 2.42. The number of aliphatic imine (C=N–C) groups is 2. The molecule has 0 atom stereocenters. The van der Waals surface area contributed by atoms with E-state index in [9.17, 15) is 0 Å². The fourth-order valence-electron chi connectivity index (χ4n) is 3.78. The third-order valence-corrected chi connectivity index (χ3v) is 6.91. The number of fused-ring (bicyclic) bond motifs is 1. The third kappa shape index (κ3) is 3.16. The van der Waals surface area contributed by atoms with E-state index < -0.39 is 5.66 Å². The molecule has 0 saturated heterocycles. The van der Waals surface area contributed by atoms with Crippen LogP contribution < -0.4 is 16.4 Å². The zero-order valence-electron chi connectivity index (χ0n) is 15.1. The summed E-state index contributed by atoms with van der Waals surface area (Å²) in [5, 5.41) is 0.516. The van der Waals surface area contributed by atoms with Crippen LogP contribution in [0.4, 0.5) is 5.69 Å². The van der Waals surface area contributed by atoms with Crippen molar-refractivity contribution in [1.29, 1.82) is 0 Å². The highest BCUT2D eigenvalue weighted by atomic mass is 32.2. The van der Waals surface area contributed by atoms with Crippen molar-refractivity contribution in [2.75, 3.05) is 4.90 Å². The molecule has 8 heteroatoms. The lowest BCUT2D eigenvalue weighted by molar-refractivity contribution is 0.305. The monoisotopic (exact) mass is 388 g/mol. The molecule has 1 aromatic carbocycles. The van der Waals surface area contributed by atoms with Crippen molar-refractivity contribution in [3.05, 3.63) is 18.2 Å². The summed E-state index contributed by atoms with van der Waals surface area (Å²) in [4.78, 5) is 15.8. The van der Waals surface area contributed by atoms with E-state index in [1.54, 1.807) is 23.1 Å². The van der Waals surface area contributed by atoms with E-state index in [0.717, 1.165) is 45.9 Å². The van der Waals surface area contributed by atoms with E-state index in [1.165, 1.54) is 6.42 Å². The Balaban J connectivity index is 1.75. The number of hydrogen-bond acceptors (Lipinski definition) is 8. The van der Waals surface area contributed by atoms with Gasteiger partial charge in [0.2, 0.25) is 11.9 Å². The maximum Gasteiger partial charge on any atom is 0.220 e. The largest absolute Gasteiger partial charge is 0.369 e. The highest BCUT2D eigenvalue weighted by Crippen LogP contribution is 2.41. The van der Waals surface area contributed by atoms with Crippen molar-refractivity contribution in [3.8, 4) is 0 Å². The SMILES string of the molecule is CC(C)Sc1nc2ccc(N3C(N)=NC(N)=NC34CCCCC4)cc2s1. The van der Waals surface area contributed by atoms with Gasteiger partial charge < -0.3 is 11.5 Å². The standard InChI is InChI=1S/C18H24N6S2/c1-11(2)25-17-21-13-7-6-12(10-14(13)26-17)24-16(20)22-15(19)23-18(24)8-4-3-5-9-18/h6-7,10-11H,3-5,8-9H2,1-2H3,(H4,19,20,22,23). The molecule has 1 fully saturated rings. The fourth-order valence-corrected chi connectivity index (χ4v) is 6.10. The van der Waals surface area contributed by atoms with Crippen molar-refractivity contribution < 1.29 is 0 Å². The van der Waals surface area contributed by atoms with Gasteiger partial charge in [0.05, 0.1) is 10.2 Å². The van der Waals surface area contributed by atoms with Gasteiger partial charge in [-0.25, -0.2) is 9.98 Å². The third-order valence-electron chi connectivity index (χ3n) is 4.80. The summed E-state index contributed by atoms with van der Waals surface area (Å²) < 4.78 is 2.26. The maximum atomic E-state index is 6.32. The number of hydrogen-bond donors (Lipinski definition) is 2. The Morgan fingerprint density at radius 1 is 1.19 bits per heavy atom. The topological polar surface area (TPSA) is 92.9 Å². The smallest absolute Gasteiger partial charge is 0.220 e. The van der Waals surface area contributed by atoms with Crippen LogP contribution in [-0.2, 0) is 0 Å². The average Bonchev–Trinajstić information content (AvgIpc) is 2.95. The summed E-state index contributed by atoms with van der Waals surface area (Å²) in [5.41, 5.74) is 13.9. The van der Waals surface area contributed by atoms with Crippen LogP contribution in [0.1, 0.15) is 46.0 Å². The second-order valence-electron chi connectivity index (χ2n) is 7.12. The van der Waals surface area contributed by atoms with Gasteiger partial charge in [0.15, 0.2) is 4.34 Å². The molecular formula is C18H24N6S2. The minimum absolute atomic E-state index is 0.287. The first-order valence-corrected chi connectivity index (χ1v) is 10.7. The molecule has 2 aromatic rings. The summed E-state index contributed by atoms with van der Waals surface area (Å²) in [5.74, 6) is 0.718. The van der Waals surface area contributed by atoms with E-state index in [-0.39, 0.29) is 5.96 Å². The summed E-state index contributed by atoms with van der Waals surface area (Å²) >= 11 is 3.52. The fraction of sp³-hybridized carbons (Fsp3) is 0.500. The van der Waals surface area contributed by atoms with Gasteiger partial charge in [-0.1, -0.05) is 32.0 Å². The number of nitrogens with two attached hydrogens (primary N) is 2. The number of aromatic nitrogens is 1. The van der Waals surface area contributed by atoms with Gasteiger partial charge in [0.25, 0.3) is 0 Å². The van der Waals surface area contributed by atoms with E-state index in [1.807, 2.05) is 0 Å². The van der Waals surface area contributed by atoms with E-state index in [2.05, 4.69) is 41.9 Å². The molecule has 0 amide bonds. The number of thioether (sulfide) groups is 1.